The van der Waals surface area contributed by atoms with Crippen molar-refractivity contribution >= 4 is 23.4 Å². The molecule has 2 heterocycles. The topological polar surface area (TPSA) is 73.4 Å². The molecule has 8 nitrogen and oxygen atoms in total. The Bertz CT molecular complexity index is 772. The SMILES string of the molecule is CCN(CC)C(=O)CN1CCN(C(=O)CCN2C(=O)C(C)Oc3ccccc32)CC1. The van der Waals surface area contributed by atoms with Gasteiger partial charge < -0.3 is 19.4 Å². The summed E-state index contributed by atoms with van der Waals surface area (Å²) < 4.78 is 5.65. The fraction of sp³-hybridized carbons (Fsp3) is 0.591. The molecule has 8 heteroatoms. The maximum atomic E-state index is 12.7. The number of benzene rings is 1. The van der Waals surface area contributed by atoms with Crippen LogP contribution in [0.15, 0.2) is 24.3 Å². The van der Waals surface area contributed by atoms with Gasteiger partial charge in [-0.15, -0.1) is 0 Å². The van der Waals surface area contributed by atoms with Crippen LogP contribution in [0.1, 0.15) is 27.2 Å². The standard InChI is InChI=1S/C22H32N4O4/c1-4-24(5-2)21(28)16-23-12-14-25(15-13-23)20(27)10-11-26-18-8-6-7-9-19(18)30-17(3)22(26)29/h6-9,17H,4-5,10-16H2,1-3H3. The number of piperazine rings is 1. The van der Waals surface area contributed by atoms with Crippen molar-refractivity contribution in [2.24, 2.45) is 0 Å². The number of hydrogen-bond donors (Lipinski definition) is 0. The summed E-state index contributed by atoms with van der Waals surface area (Å²) in [6.45, 7) is 10.5. The summed E-state index contributed by atoms with van der Waals surface area (Å²) in [6.07, 6.45) is -0.285. The molecule has 1 fully saturated rings. The van der Waals surface area contributed by atoms with Gasteiger partial charge in [0.15, 0.2) is 6.10 Å². The molecule has 30 heavy (non-hydrogen) atoms. The van der Waals surface area contributed by atoms with Gasteiger partial charge in [-0.05, 0) is 32.9 Å². The monoisotopic (exact) mass is 416 g/mol. The summed E-state index contributed by atoms with van der Waals surface area (Å²) in [5.74, 6) is 0.720. The highest BCUT2D eigenvalue weighted by atomic mass is 16.5. The predicted octanol–water partition coefficient (Wildman–Crippen LogP) is 1.20. The largest absolute Gasteiger partial charge is 0.479 e. The summed E-state index contributed by atoms with van der Waals surface area (Å²) in [5, 5.41) is 0. The van der Waals surface area contributed by atoms with Gasteiger partial charge in [0.1, 0.15) is 5.75 Å². The van der Waals surface area contributed by atoms with Crippen molar-refractivity contribution in [3.63, 3.8) is 0 Å². The van der Waals surface area contributed by atoms with Crippen LogP contribution < -0.4 is 9.64 Å². The summed E-state index contributed by atoms with van der Waals surface area (Å²) >= 11 is 0. The molecule has 1 aromatic rings. The predicted molar refractivity (Wildman–Crippen MR) is 114 cm³/mol. The summed E-state index contributed by atoms with van der Waals surface area (Å²) in [5.41, 5.74) is 0.716. The molecule has 0 spiro atoms. The molecule has 1 atom stereocenters. The molecule has 0 N–H and O–H groups in total. The molecule has 1 unspecified atom stereocenters. The summed E-state index contributed by atoms with van der Waals surface area (Å²) in [6, 6.07) is 7.41. The van der Waals surface area contributed by atoms with Crippen molar-refractivity contribution in [1.29, 1.82) is 0 Å². The number of amides is 3. The summed E-state index contributed by atoms with van der Waals surface area (Å²) in [7, 11) is 0. The lowest BCUT2D eigenvalue weighted by atomic mass is 10.1. The van der Waals surface area contributed by atoms with E-state index in [0.29, 0.717) is 50.7 Å². The van der Waals surface area contributed by atoms with Gasteiger partial charge in [-0.2, -0.15) is 0 Å². The number of fused-ring (bicyclic) bond motifs is 1. The van der Waals surface area contributed by atoms with Crippen LogP contribution in [0.4, 0.5) is 5.69 Å². The van der Waals surface area contributed by atoms with Gasteiger partial charge in [-0.1, -0.05) is 12.1 Å². The zero-order valence-corrected chi connectivity index (χ0v) is 18.2. The Hall–Kier alpha value is -2.61. The first-order valence-electron chi connectivity index (χ1n) is 10.8. The Balaban J connectivity index is 1.50. The lowest BCUT2D eigenvalue weighted by Gasteiger charge is -2.36. The molecule has 3 rings (SSSR count). The van der Waals surface area contributed by atoms with E-state index in [4.69, 9.17) is 4.74 Å². The Labute approximate surface area is 178 Å². The normalized spacial score (nSPS) is 19.3. The van der Waals surface area contributed by atoms with E-state index in [0.717, 1.165) is 13.1 Å². The first-order valence-corrected chi connectivity index (χ1v) is 10.8. The van der Waals surface area contributed by atoms with Crippen LogP contribution in [-0.4, -0.2) is 90.9 Å². The third-order valence-electron chi connectivity index (χ3n) is 5.82. The van der Waals surface area contributed by atoms with Crippen LogP contribution in [0.2, 0.25) is 0 Å². The fourth-order valence-corrected chi connectivity index (χ4v) is 3.98. The van der Waals surface area contributed by atoms with Gasteiger partial charge in [-0.25, -0.2) is 0 Å². The van der Waals surface area contributed by atoms with E-state index in [1.807, 2.05) is 47.9 Å². The zero-order valence-electron chi connectivity index (χ0n) is 18.2. The van der Waals surface area contributed by atoms with Crippen molar-refractivity contribution in [2.75, 3.05) is 57.3 Å². The van der Waals surface area contributed by atoms with E-state index in [1.54, 1.807) is 11.8 Å². The van der Waals surface area contributed by atoms with Gasteiger partial charge in [0.2, 0.25) is 11.8 Å². The van der Waals surface area contributed by atoms with Crippen molar-refractivity contribution in [1.82, 2.24) is 14.7 Å². The molecule has 1 saturated heterocycles. The minimum Gasteiger partial charge on any atom is -0.479 e. The number of nitrogens with zero attached hydrogens (tertiary/aromatic N) is 4. The summed E-state index contributed by atoms with van der Waals surface area (Å²) in [4.78, 5) is 45.0. The third-order valence-corrected chi connectivity index (χ3v) is 5.82. The molecule has 3 amide bonds. The maximum absolute atomic E-state index is 12.7. The molecular weight excluding hydrogens is 384 g/mol. The maximum Gasteiger partial charge on any atom is 0.267 e. The van der Waals surface area contributed by atoms with E-state index in [9.17, 15) is 14.4 Å². The van der Waals surface area contributed by atoms with Crippen molar-refractivity contribution in [3.8, 4) is 5.75 Å². The molecule has 0 saturated carbocycles. The number of ether oxygens (including phenoxy) is 1. The van der Waals surface area contributed by atoms with Gasteiger partial charge >= 0.3 is 0 Å². The van der Waals surface area contributed by atoms with Gasteiger partial charge in [-0.3, -0.25) is 19.3 Å². The highest BCUT2D eigenvalue weighted by Gasteiger charge is 2.32. The van der Waals surface area contributed by atoms with Crippen LogP contribution in [0.5, 0.6) is 5.75 Å². The van der Waals surface area contributed by atoms with Crippen molar-refractivity contribution in [3.05, 3.63) is 24.3 Å². The van der Waals surface area contributed by atoms with Crippen LogP contribution >= 0.6 is 0 Å². The van der Waals surface area contributed by atoms with E-state index in [1.165, 1.54) is 0 Å². The van der Waals surface area contributed by atoms with Crippen LogP contribution in [0, 0.1) is 0 Å². The number of carbonyl (C=O) groups is 3. The average Bonchev–Trinajstić information content (AvgIpc) is 2.75. The molecule has 164 valence electrons. The molecule has 2 aliphatic heterocycles. The minimum absolute atomic E-state index is 0.0362. The molecule has 0 bridgehead atoms. The van der Waals surface area contributed by atoms with Gasteiger partial charge in [0, 0.05) is 52.2 Å². The number of anilines is 1. The van der Waals surface area contributed by atoms with E-state index >= 15 is 0 Å². The third kappa shape index (κ3) is 4.92. The van der Waals surface area contributed by atoms with Crippen molar-refractivity contribution in [2.45, 2.75) is 33.3 Å². The van der Waals surface area contributed by atoms with Gasteiger partial charge in [0.05, 0.1) is 12.2 Å². The van der Waals surface area contributed by atoms with Crippen LogP contribution in [0.25, 0.3) is 0 Å². The van der Waals surface area contributed by atoms with E-state index in [2.05, 4.69) is 4.90 Å². The lowest BCUT2D eigenvalue weighted by molar-refractivity contribution is -0.134. The molecule has 2 aliphatic rings. The number of likely N-dealkylation sites (N-methyl/N-ethyl adjacent to an activating group) is 1. The number of rotatable bonds is 7. The number of carbonyl (C=O) groups excluding carboxylic acids is 3. The second kappa shape index (κ2) is 9.93. The van der Waals surface area contributed by atoms with Crippen molar-refractivity contribution < 1.29 is 19.1 Å². The Kier molecular flexibility index (Phi) is 7.31. The smallest absolute Gasteiger partial charge is 0.267 e. The first-order chi connectivity index (χ1) is 14.4. The number of para-hydroxylation sites is 2. The minimum atomic E-state index is -0.554. The lowest BCUT2D eigenvalue weighted by Crippen LogP contribution is -2.52. The van der Waals surface area contributed by atoms with E-state index in [-0.39, 0.29) is 24.1 Å². The second-order valence-electron chi connectivity index (χ2n) is 7.69. The Morgan fingerprint density at radius 2 is 1.77 bits per heavy atom. The van der Waals surface area contributed by atoms with E-state index < -0.39 is 6.10 Å². The molecule has 1 aromatic carbocycles. The first kappa shape index (κ1) is 22.1. The Morgan fingerprint density at radius 3 is 2.43 bits per heavy atom. The average molecular weight is 417 g/mol. The highest BCUT2D eigenvalue weighted by Crippen LogP contribution is 2.33. The molecule has 0 radical (unpaired) electrons. The molecule has 0 aliphatic carbocycles. The Morgan fingerprint density at radius 1 is 1.10 bits per heavy atom. The number of hydrogen-bond acceptors (Lipinski definition) is 5. The van der Waals surface area contributed by atoms with Crippen LogP contribution in [0.3, 0.4) is 0 Å². The fourth-order valence-electron chi connectivity index (χ4n) is 3.98. The van der Waals surface area contributed by atoms with Gasteiger partial charge in [0.25, 0.3) is 5.91 Å². The zero-order chi connectivity index (χ0) is 21.7. The molecular formula is C22H32N4O4. The molecule has 0 aromatic heterocycles. The van der Waals surface area contributed by atoms with Crippen LogP contribution in [-0.2, 0) is 14.4 Å². The second-order valence-corrected chi connectivity index (χ2v) is 7.69. The quantitative estimate of drug-likeness (QED) is 0.668. The highest BCUT2D eigenvalue weighted by molar-refractivity contribution is 6.00.